The maximum atomic E-state index is 5.71. The molecule has 4 nitrogen and oxygen atoms in total. The minimum atomic E-state index is 0.222. The van der Waals surface area contributed by atoms with Crippen LogP contribution < -0.4 is 14.8 Å². The first-order valence-corrected chi connectivity index (χ1v) is 7.75. The van der Waals surface area contributed by atoms with Gasteiger partial charge in [0.1, 0.15) is 24.7 Å². The lowest BCUT2D eigenvalue weighted by Gasteiger charge is -2.14. The van der Waals surface area contributed by atoms with Gasteiger partial charge in [0.15, 0.2) is 0 Å². The molecule has 118 valence electrons. The van der Waals surface area contributed by atoms with Crippen LogP contribution in [0.3, 0.4) is 0 Å². The molecule has 0 aliphatic rings. The van der Waals surface area contributed by atoms with Crippen LogP contribution in [0.5, 0.6) is 11.5 Å². The molecule has 1 aromatic carbocycles. The fourth-order valence-corrected chi connectivity index (χ4v) is 1.82. The predicted octanol–water partition coefficient (Wildman–Crippen LogP) is 3.54. The monoisotopic (exact) mass is 311 g/mol. The summed E-state index contributed by atoms with van der Waals surface area (Å²) in [6.45, 7) is 9.04. The topological polar surface area (TPSA) is 39.7 Å². The summed E-state index contributed by atoms with van der Waals surface area (Å²) < 4.78 is 16.6. The molecule has 0 saturated carbocycles. The van der Waals surface area contributed by atoms with Crippen molar-refractivity contribution in [2.45, 2.75) is 46.3 Å². The van der Waals surface area contributed by atoms with Crippen molar-refractivity contribution in [1.29, 1.82) is 0 Å². The number of hydrogen-bond donors (Lipinski definition) is 1. The smallest absolute Gasteiger partial charge is 0.256 e. The van der Waals surface area contributed by atoms with Gasteiger partial charge in [-0.25, -0.2) is 0 Å². The molecule has 0 fully saturated rings. The minimum Gasteiger partial charge on any atom is -0.491 e. The Kier molecular flexibility index (Phi) is 7.90. The maximum Gasteiger partial charge on any atom is 0.256 e. The molecular weight excluding hydrogens is 286 g/mol. The van der Waals surface area contributed by atoms with Gasteiger partial charge in [-0.15, -0.1) is 0 Å². The third-order valence-electron chi connectivity index (χ3n) is 2.73. The second-order valence-corrected chi connectivity index (χ2v) is 5.46. The summed E-state index contributed by atoms with van der Waals surface area (Å²) >= 11 is 5.02. The second kappa shape index (κ2) is 9.45. The predicted molar refractivity (Wildman–Crippen MR) is 89.1 cm³/mol. The fraction of sp³-hybridized carbons (Fsp3) is 0.562. The molecule has 0 heterocycles. The SMILES string of the molecule is CCC(C)Oc1ccc(OCCOC(=S)NC(C)C)cc1. The number of thiocarbonyl (C=S) groups is 1. The summed E-state index contributed by atoms with van der Waals surface area (Å²) in [5, 5.41) is 3.42. The average molecular weight is 311 g/mol. The number of nitrogens with one attached hydrogen (secondary N) is 1. The Morgan fingerprint density at radius 3 is 2.29 bits per heavy atom. The first-order chi connectivity index (χ1) is 10.0. The number of benzene rings is 1. The summed E-state index contributed by atoms with van der Waals surface area (Å²) in [5.74, 6) is 1.65. The molecule has 0 aromatic heterocycles. The van der Waals surface area contributed by atoms with E-state index in [4.69, 9.17) is 26.4 Å². The first-order valence-electron chi connectivity index (χ1n) is 7.34. The van der Waals surface area contributed by atoms with Crippen LogP contribution in [0.1, 0.15) is 34.1 Å². The Balaban J connectivity index is 2.25. The normalized spacial score (nSPS) is 11.9. The lowest BCUT2D eigenvalue weighted by molar-refractivity contribution is 0.204. The van der Waals surface area contributed by atoms with Gasteiger partial charge in [0.2, 0.25) is 0 Å². The van der Waals surface area contributed by atoms with E-state index < -0.39 is 0 Å². The molecule has 1 atom stereocenters. The van der Waals surface area contributed by atoms with Crippen LogP contribution >= 0.6 is 12.2 Å². The van der Waals surface area contributed by atoms with Crippen LogP contribution in [0.25, 0.3) is 0 Å². The molecular formula is C16H25NO3S. The first kappa shape index (κ1) is 17.6. The van der Waals surface area contributed by atoms with Crippen molar-refractivity contribution in [3.05, 3.63) is 24.3 Å². The second-order valence-electron chi connectivity index (χ2n) is 5.09. The Hall–Kier alpha value is -1.49. The maximum absolute atomic E-state index is 5.71. The molecule has 0 bridgehead atoms. The summed E-state index contributed by atoms with van der Waals surface area (Å²) in [6, 6.07) is 7.88. The van der Waals surface area contributed by atoms with Gasteiger partial charge in [-0.1, -0.05) is 6.92 Å². The fourth-order valence-electron chi connectivity index (χ4n) is 1.50. The Labute approximate surface area is 132 Å². The molecule has 21 heavy (non-hydrogen) atoms. The van der Waals surface area contributed by atoms with Crippen LogP contribution in [0, 0.1) is 0 Å². The van der Waals surface area contributed by atoms with E-state index in [-0.39, 0.29) is 12.1 Å². The van der Waals surface area contributed by atoms with E-state index in [0.29, 0.717) is 18.4 Å². The van der Waals surface area contributed by atoms with Crippen LogP contribution in [0.15, 0.2) is 24.3 Å². The highest BCUT2D eigenvalue weighted by Crippen LogP contribution is 2.19. The highest BCUT2D eigenvalue weighted by molar-refractivity contribution is 7.80. The highest BCUT2D eigenvalue weighted by atomic mass is 32.1. The molecule has 1 unspecified atom stereocenters. The number of ether oxygens (including phenoxy) is 3. The van der Waals surface area contributed by atoms with Gasteiger partial charge in [0, 0.05) is 6.04 Å². The zero-order chi connectivity index (χ0) is 15.7. The number of hydrogen-bond acceptors (Lipinski definition) is 4. The average Bonchev–Trinajstić information content (AvgIpc) is 2.44. The van der Waals surface area contributed by atoms with Crippen molar-refractivity contribution in [2.75, 3.05) is 13.2 Å². The van der Waals surface area contributed by atoms with Crippen LogP contribution in [-0.4, -0.2) is 30.5 Å². The van der Waals surface area contributed by atoms with Gasteiger partial charge in [0.25, 0.3) is 5.17 Å². The molecule has 0 aliphatic carbocycles. The van der Waals surface area contributed by atoms with E-state index in [2.05, 4.69) is 19.2 Å². The lowest BCUT2D eigenvalue weighted by atomic mass is 10.3. The summed E-state index contributed by atoms with van der Waals surface area (Å²) in [4.78, 5) is 0. The largest absolute Gasteiger partial charge is 0.491 e. The van der Waals surface area contributed by atoms with Crippen molar-refractivity contribution < 1.29 is 14.2 Å². The Bertz CT molecular complexity index is 420. The Morgan fingerprint density at radius 1 is 1.10 bits per heavy atom. The quantitative estimate of drug-likeness (QED) is 0.587. The molecule has 0 spiro atoms. The summed E-state index contributed by atoms with van der Waals surface area (Å²) in [6.07, 6.45) is 1.21. The molecule has 1 rings (SSSR count). The van der Waals surface area contributed by atoms with E-state index in [1.807, 2.05) is 38.1 Å². The lowest BCUT2D eigenvalue weighted by Crippen LogP contribution is -2.31. The standard InChI is InChI=1S/C16H25NO3S/c1-5-13(4)20-15-8-6-14(7-9-15)18-10-11-19-16(21)17-12(2)3/h6-9,12-13H,5,10-11H2,1-4H3,(H,17,21). The van der Waals surface area contributed by atoms with E-state index >= 15 is 0 Å². The van der Waals surface area contributed by atoms with Crippen molar-refractivity contribution in [3.8, 4) is 11.5 Å². The van der Waals surface area contributed by atoms with Crippen molar-refractivity contribution >= 4 is 17.4 Å². The van der Waals surface area contributed by atoms with Crippen LogP contribution in [0.2, 0.25) is 0 Å². The van der Waals surface area contributed by atoms with Gasteiger partial charge in [-0.3, -0.25) is 0 Å². The minimum absolute atomic E-state index is 0.222. The third kappa shape index (κ3) is 7.75. The molecule has 0 saturated heterocycles. The van der Waals surface area contributed by atoms with E-state index in [9.17, 15) is 0 Å². The number of rotatable bonds is 8. The van der Waals surface area contributed by atoms with E-state index in [1.54, 1.807) is 0 Å². The van der Waals surface area contributed by atoms with E-state index in [1.165, 1.54) is 0 Å². The third-order valence-corrected chi connectivity index (χ3v) is 2.96. The van der Waals surface area contributed by atoms with Gasteiger partial charge >= 0.3 is 0 Å². The summed E-state index contributed by atoms with van der Waals surface area (Å²) in [5.41, 5.74) is 0. The van der Waals surface area contributed by atoms with Crippen LogP contribution in [0.4, 0.5) is 0 Å². The van der Waals surface area contributed by atoms with Crippen LogP contribution in [-0.2, 0) is 4.74 Å². The molecule has 1 N–H and O–H groups in total. The van der Waals surface area contributed by atoms with E-state index in [0.717, 1.165) is 17.9 Å². The molecule has 0 radical (unpaired) electrons. The highest BCUT2D eigenvalue weighted by Gasteiger charge is 2.02. The van der Waals surface area contributed by atoms with Crippen molar-refractivity contribution in [2.24, 2.45) is 0 Å². The zero-order valence-electron chi connectivity index (χ0n) is 13.2. The van der Waals surface area contributed by atoms with Crippen molar-refractivity contribution in [1.82, 2.24) is 5.32 Å². The summed E-state index contributed by atoms with van der Waals surface area (Å²) in [7, 11) is 0. The van der Waals surface area contributed by atoms with Gasteiger partial charge in [-0.05, 0) is 63.7 Å². The van der Waals surface area contributed by atoms with Gasteiger partial charge < -0.3 is 19.5 Å². The van der Waals surface area contributed by atoms with Crippen molar-refractivity contribution in [3.63, 3.8) is 0 Å². The van der Waals surface area contributed by atoms with Gasteiger partial charge in [-0.2, -0.15) is 0 Å². The molecule has 0 amide bonds. The zero-order valence-corrected chi connectivity index (χ0v) is 14.0. The van der Waals surface area contributed by atoms with Gasteiger partial charge in [0.05, 0.1) is 6.10 Å². The Morgan fingerprint density at radius 2 is 1.71 bits per heavy atom. The molecule has 0 aliphatic heterocycles. The molecule has 1 aromatic rings. The molecule has 5 heteroatoms.